The standard InChI is InChI=1S/C23H20N4O4S/c24-22(29)21-19(15-6-3-9-26-23(15)32-21)17-12-27(10-11-30-17)18(28)13-31-16-7-1-4-14-5-2-8-25-20(14)16/h1-9,17H,10-13H2,(H2,24,29)/t17-/m1/s1. The van der Waals surface area contributed by atoms with Crippen molar-refractivity contribution in [2.45, 2.75) is 6.10 Å². The van der Waals surface area contributed by atoms with Gasteiger partial charge in [-0.25, -0.2) is 4.98 Å². The molecule has 2 amide bonds. The van der Waals surface area contributed by atoms with Crippen LogP contribution in [0.15, 0.2) is 54.9 Å². The number of fused-ring (bicyclic) bond motifs is 2. The molecule has 3 aromatic heterocycles. The second-order valence-electron chi connectivity index (χ2n) is 7.38. The lowest BCUT2D eigenvalue weighted by atomic mass is 10.0. The van der Waals surface area contributed by atoms with E-state index >= 15 is 0 Å². The van der Waals surface area contributed by atoms with Gasteiger partial charge in [-0.1, -0.05) is 24.3 Å². The molecule has 9 heteroatoms. The van der Waals surface area contributed by atoms with E-state index in [1.165, 1.54) is 11.3 Å². The first kappa shape index (κ1) is 20.3. The third-order valence-corrected chi connectivity index (χ3v) is 6.56. The van der Waals surface area contributed by atoms with Gasteiger partial charge in [-0.15, -0.1) is 11.3 Å². The summed E-state index contributed by atoms with van der Waals surface area (Å²) in [5, 5.41) is 1.77. The maximum Gasteiger partial charge on any atom is 0.260 e. The van der Waals surface area contributed by atoms with Gasteiger partial charge in [0.1, 0.15) is 27.1 Å². The van der Waals surface area contributed by atoms with E-state index in [4.69, 9.17) is 15.2 Å². The Kier molecular flexibility index (Phi) is 5.42. The molecule has 0 radical (unpaired) electrons. The summed E-state index contributed by atoms with van der Waals surface area (Å²) >= 11 is 1.24. The smallest absolute Gasteiger partial charge is 0.260 e. The lowest BCUT2D eigenvalue weighted by Gasteiger charge is -2.33. The number of carbonyl (C=O) groups excluding carboxylic acids is 2. The second-order valence-corrected chi connectivity index (χ2v) is 8.38. The van der Waals surface area contributed by atoms with Gasteiger partial charge in [-0.05, 0) is 18.2 Å². The van der Waals surface area contributed by atoms with Crippen molar-refractivity contribution in [3.05, 3.63) is 65.3 Å². The number of hydrogen-bond acceptors (Lipinski definition) is 7. The van der Waals surface area contributed by atoms with E-state index in [1.54, 1.807) is 29.4 Å². The Morgan fingerprint density at radius 1 is 1.16 bits per heavy atom. The number of thiophene rings is 1. The number of nitrogens with two attached hydrogens (primary N) is 1. The molecule has 1 atom stereocenters. The Morgan fingerprint density at radius 3 is 2.84 bits per heavy atom. The summed E-state index contributed by atoms with van der Waals surface area (Å²) in [6.45, 7) is 0.981. The minimum atomic E-state index is -0.526. The molecule has 0 saturated carbocycles. The third-order valence-electron chi connectivity index (χ3n) is 5.42. The molecule has 1 aliphatic heterocycles. The zero-order chi connectivity index (χ0) is 22.1. The Morgan fingerprint density at radius 2 is 1.97 bits per heavy atom. The maximum atomic E-state index is 12.9. The number of benzene rings is 1. The van der Waals surface area contributed by atoms with Crippen molar-refractivity contribution in [3.8, 4) is 5.75 Å². The monoisotopic (exact) mass is 448 g/mol. The maximum absolute atomic E-state index is 12.9. The summed E-state index contributed by atoms with van der Waals surface area (Å²) in [6, 6.07) is 13.1. The number of carbonyl (C=O) groups is 2. The van der Waals surface area contributed by atoms with Gasteiger partial charge in [0.2, 0.25) is 0 Å². The molecule has 0 unspecified atom stereocenters. The average Bonchev–Trinajstić information content (AvgIpc) is 3.23. The molecule has 0 spiro atoms. The highest BCUT2D eigenvalue weighted by Gasteiger charge is 2.31. The molecule has 0 aliphatic carbocycles. The number of rotatable bonds is 5. The minimum Gasteiger partial charge on any atom is -0.481 e. The third kappa shape index (κ3) is 3.76. The van der Waals surface area contributed by atoms with E-state index in [9.17, 15) is 9.59 Å². The van der Waals surface area contributed by atoms with Crippen LogP contribution in [-0.4, -0.2) is 53.0 Å². The number of ether oxygens (including phenoxy) is 2. The lowest BCUT2D eigenvalue weighted by molar-refractivity contribution is -0.141. The number of hydrogen-bond donors (Lipinski definition) is 1. The highest BCUT2D eigenvalue weighted by molar-refractivity contribution is 7.20. The summed E-state index contributed by atoms with van der Waals surface area (Å²) in [6.07, 6.45) is 2.90. The van der Waals surface area contributed by atoms with Crippen molar-refractivity contribution < 1.29 is 19.1 Å². The lowest BCUT2D eigenvalue weighted by Crippen LogP contribution is -2.44. The summed E-state index contributed by atoms with van der Waals surface area (Å²) in [7, 11) is 0. The van der Waals surface area contributed by atoms with Gasteiger partial charge in [0, 0.05) is 35.3 Å². The number of morpholine rings is 1. The summed E-state index contributed by atoms with van der Waals surface area (Å²) in [5.74, 6) is -0.126. The van der Waals surface area contributed by atoms with Gasteiger partial charge < -0.3 is 20.1 Å². The molecule has 1 fully saturated rings. The second kappa shape index (κ2) is 8.52. The van der Waals surface area contributed by atoms with Crippen LogP contribution in [0.4, 0.5) is 0 Å². The Balaban J connectivity index is 1.34. The van der Waals surface area contributed by atoms with Crippen molar-refractivity contribution in [1.82, 2.24) is 14.9 Å². The fraction of sp³-hybridized carbons (Fsp3) is 0.217. The van der Waals surface area contributed by atoms with Crippen molar-refractivity contribution in [1.29, 1.82) is 0 Å². The molecule has 32 heavy (non-hydrogen) atoms. The Bertz CT molecular complexity index is 1320. The van der Waals surface area contributed by atoms with Crippen LogP contribution in [0.3, 0.4) is 0 Å². The molecule has 2 N–H and O–H groups in total. The summed E-state index contributed by atoms with van der Waals surface area (Å²) < 4.78 is 11.8. The number of primary amides is 1. The van der Waals surface area contributed by atoms with Crippen molar-refractivity contribution >= 4 is 44.3 Å². The topological polar surface area (TPSA) is 108 Å². The van der Waals surface area contributed by atoms with E-state index < -0.39 is 12.0 Å². The molecule has 1 aromatic carbocycles. The van der Waals surface area contributed by atoms with Gasteiger partial charge >= 0.3 is 0 Å². The number of pyridine rings is 2. The van der Waals surface area contributed by atoms with Gasteiger partial charge in [0.05, 0.1) is 13.2 Å². The fourth-order valence-electron chi connectivity index (χ4n) is 3.93. The van der Waals surface area contributed by atoms with Crippen molar-refractivity contribution in [3.63, 3.8) is 0 Å². The van der Waals surface area contributed by atoms with Crippen LogP contribution in [0.2, 0.25) is 0 Å². The highest BCUT2D eigenvalue weighted by Crippen LogP contribution is 2.37. The predicted octanol–water partition coefficient (Wildman–Crippen LogP) is 2.92. The van der Waals surface area contributed by atoms with Crippen molar-refractivity contribution in [2.24, 2.45) is 5.73 Å². The Hall–Kier alpha value is -3.56. The first-order chi connectivity index (χ1) is 15.6. The molecular weight excluding hydrogens is 428 g/mol. The van der Waals surface area contributed by atoms with Crippen molar-refractivity contribution in [2.75, 3.05) is 26.3 Å². The molecule has 162 valence electrons. The van der Waals surface area contributed by atoms with E-state index in [0.29, 0.717) is 41.4 Å². The Labute approximate surface area is 187 Å². The molecule has 4 aromatic rings. The zero-order valence-electron chi connectivity index (χ0n) is 17.1. The zero-order valence-corrected chi connectivity index (χ0v) is 17.9. The number of para-hydroxylation sites is 1. The van der Waals surface area contributed by atoms with E-state index in [0.717, 1.165) is 15.6 Å². The molecule has 1 saturated heterocycles. The van der Waals surface area contributed by atoms with Crippen LogP contribution in [-0.2, 0) is 9.53 Å². The van der Waals surface area contributed by atoms with Crippen LogP contribution >= 0.6 is 11.3 Å². The first-order valence-electron chi connectivity index (χ1n) is 10.1. The first-order valence-corrected chi connectivity index (χ1v) is 11.0. The number of amides is 2. The molecule has 8 nitrogen and oxygen atoms in total. The number of nitrogens with zero attached hydrogens (tertiary/aromatic N) is 3. The van der Waals surface area contributed by atoms with E-state index in [-0.39, 0.29) is 12.5 Å². The molecule has 5 rings (SSSR count). The largest absolute Gasteiger partial charge is 0.481 e. The van der Waals surface area contributed by atoms with Gasteiger partial charge in [-0.2, -0.15) is 0 Å². The van der Waals surface area contributed by atoms with Crippen LogP contribution < -0.4 is 10.5 Å². The van der Waals surface area contributed by atoms with Crippen LogP contribution in [0.1, 0.15) is 21.3 Å². The summed E-state index contributed by atoms with van der Waals surface area (Å²) in [5.41, 5.74) is 7.03. The van der Waals surface area contributed by atoms with Gasteiger partial charge in [-0.3, -0.25) is 14.6 Å². The van der Waals surface area contributed by atoms with Gasteiger partial charge in [0.15, 0.2) is 6.61 Å². The van der Waals surface area contributed by atoms with Crippen LogP contribution in [0.25, 0.3) is 21.1 Å². The van der Waals surface area contributed by atoms with Crippen LogP contribution in [0.5, 0.6) is 5.75 Å². The quantitative estimate of drug-likeness (QED) is 0.503. The highest BCUT2D eigenvalue weighted by atomic mass is 32.1. The average molecular weight is 449 g/mol. The minimum absolute atomic E-state index is 0.114. The van der Waals surface area contributed by atoms with E-state index in [1.807, 2.05) is 30.3 Å². The summed E-state index contributed by atoms with van der Waals surface area (Å²) in [4.78, 5) is 36.5. The molecule has 0 bridgehead atoms. The fourth-order valence-corrected chi connectivity index (χ4v) is 4.97. The van der Waals surface area contributed by atoms with E-state index in [2.05, 4.69) is 9.97 Å². The molecular formula is C23H20N4O4S. The molecule has 4 heterocycles. The SMILES string of the molecule is NC(=O)c1sc2ncccc2c1[C@H]1CN(C(=O)COc2cccc3cccnc23)CCO1. The normalized spacial score (nSPS) is 16.4. The number of aromatic nitrogens is 2. The van der Waals surface area contributed by atoms with Gasteiger partial charge in [0.25, 0.3) is 11.8 Å². The molecule has 1 aliphatic rings. The predicted molar refractivity (Wildman–Crippen MR) is 121 cm³/mol. The van der Waals surface area contributed by atoms with Crippen LogP contribution in [0, 0.1) is 0 Å².